The van der Waals surface area contributed by atoms with Gasteiger partial charge in [0.1, 0.15) is 12.1 Å². The van der Waals surface area contributed by atoms with Crippen LogP contribution in [0.3, 0.4) is 0 Å². The summed E-state index contributed by atoms with van der Waals surface area (Å²) in [6.45, 7) is 9.19. The lowest BCUT2D eigenvalue weighted by molar-refractivity contribution is -0.141. The molecule has 0 aromatic rings. The summed E-state index contributed by atoms with van der Waals surface area (Å²) in [5.41, 5.74) is 0. The Labute approximate surface area is 145 Å². The maximum absolute atomic E-state index is 11.0. The van der Waals surface area contributed by atoms with Crippen molar-refractivity contribution < 1.29 is 28.2 Å². The molecule has 2 saturated heterocycles. The van der Waals surface area contributed by atoms with Crippen molar-refractivity contribution in [3.05, 3.63) is 0 Å². The van der Waals surface area contributed by atoms with Crippen LogP contribution < -0.4 is 5.32 Å². The van der Waals surface area contributed by atoms with Gasteiger partial charge in [0.15, 0.2) is 0 Å². The summed E-state index contributed by atoms with van der Waals surface area (Å²) in [6, 6.07) is -1.12. The molecule has 2 aliphatic rings. The number of hydrogen-bond acceptors (Lipinski definition) is 5. The second kappa shape index (κ2) is 13.1. The average molecular weight is 368 g/mol. The zero-order valence-corrected chi connectivity index (χ0v) is 16.1. The number of carboxylic acids is 2. The minimum Gasteiger partial charge on any atom is -0.480 e. The summed E-state index contributed by atoms with van der Waals surface area (Å²) < 4.78 is 23.1. The van der Waals surface area contributed by atoms with Gasteiger partial charge in [0.05, 0.1) is 6.26 Å². The molecule has 2 rings (SSSR count). The highest BCUT2D eigenvalue weighted by molar-refractivity contribution is 7.88. The van der Waals surface area contributed by atoms with Gasteiger partial charge in [-0.05, 0) is 32.2 Å². The summed E-state index contributed by atoms with van der Waals surface area (Å²) in [7, 11) is -3.34. The van der Waals surface area contributed by atoms with Gasteiger partial charge in [-0.2, -0.15) is 4.31 Å². The Balaban J connectivity index is 0. The van der Waals surface area contributed by atoms with Crippen molar-refractivity contribution in [2.75, 3.05) is 19.3 Å². The van der Waals surface area contributed by atoms with Gasteiger partial charge in [0.2, 0.25) is 10.0 Å². The number of sulfonamides is 1. The third kappa shape index (κ3) is 9.19. The molecule has 0 amide bonds. The van der Waals surface area contributed by atoms with Crippen molar-refractivity contribution in [2.24, 2.45) is 0 Å². The van der Waals surface area contributed by atoms with Crippen LogP contribution in [0.1, 0.15) is 53.4 Å². The maximum Gasteiger partial charge on any atom is 0.322 e. The van der Waals surface area contributed by atoms with Crippen LogP contribution in [0.5, 0.6) is 0 Å². The van der Waals surface area contributed by atoms with Gasteiger partial charge < -0.3 is 15.5 Å². The van der Waals surface area contributed by atoms with Crippen molar-refractivity contribution in [2.45, 2.75) is 65.5 Å². The van der Waals surface area contributed by atoms with E-state index in [1.54, 1.807) is 0 Å². The van der Waals surface area contributed by atoms with Gasteiger partial charge >= 0.3 is 11.9 Å². The standard InChI is InChI=1S/C6H11NO4S.C5H9NO2.2C2H6/c1-12(10,11)7-4-2-3-5(7)6(8)9;7-5(8)4-2-1-3-6-4;2*1-2/h5H,2-4H2,1H3,(H,8,9);4,6H,1-3H2,(H,7,8);2*1-2H3. The Morgan fingerprint density at radius 2 is 1.54 bits per heavy atom. The lowest BCUT2D eigenvalue weighted by Crippen LogP contribution is -2.39. The molecule has 2 atom stereocenters. The molecule has 24 heavy (non-hydrogen) atoms. The second-order valence-electron chi connectivity index (χ2n) is 4.86. The summed E-state index contributed by atoms with van der Waals surface area (Å²) >= 11 is 0. The Morgan fingerprint density at radius 3 is 1.79 bits per heavy atom. The molecule has 2 fully saturated rings. The lowest BCUT2D eigenvalue weighted by atomic mass is 10.2. The fourth-order valence-corrected chi connectivity index (χ4v) is 3.40. The predicted octanol–water partition coefficient (Wildman–Crippen LogP) is 1.37. The smallest absolute Gasteiger partial charge is 0.322 e. The molecule has 2 aliphatic heterocycles. The zero-order chi connectivity index (χ0) is 19.3. The SMILES string of the molecule is CC.CC.CS(=O)(=O)N1CCCC1C(=O)O.O=C(O)C1CCCN1. The second-order valence-corrected chi connectivity index (χ2v) is 6.79. The van der Waals surface area contributed by atoms with E-state index in [0.717, 1.165) is 29.9 Å². The van der Waals surface area contributed by atoms with Crippen LogP contribution in [-0.4, -0.2) is 66.3 Å². The largest absolute Gasteiger partial charge is 0.480 e. The first-order chi connectivity index (χ1) is 11.2. The molecule has 8 nitrogen and oxygen atoms in total. The molecule has 0 radical (unpaired) electrons. The van der Waals surface area contributed by atoms with Gasteiger partial charge in [0, 0.05) is 6.54 Å². The molecule has 9 heteroatoms. The van der Waals surface area contributed by atoms with Crippen molar-refractivity contribution in [1.29, 1.82) is 0 Å². The monoisotopic (exact) mass is 368 g/mol. The topological polar surface area (TPSA) is 124 Å². The third-order valence-electron chi connectivity index (χ3n) is 3.27. The zero-order valence-electron chi connectivity index (χ0n) is 15.3. The molecule has 3 N–H and O–H groups in total. The van der Waals surface area contributed by atoms with Gasteiger partial charge in [0.25, 0.3) is 0 Å². The van der Waals surface area contributed by atoms with Gasteiger partial charge in [-0.25, -0.2) is 8.42 Å². The average Bonchev–Trinajstić information content (AvgIpc) is 3.23. The van der Waals surface area contributed by atoms with E-state index in [1.807, 2.05) is 27.7 Å². The number of carbonyl (C=O) groups is 2. The number of nitrogens with one attached hydrogen (secondary N) is 1. The highest BCUT2D eigenvalue weighted by Crippen LogP contribution is 2.19. The van der Waals surface area contributed by atoms with E-state index >= 15 is 0 Å². The number of aliphatic carboxylic acids is 2. The van der Waals surface area contributed by atoms with Crippen LogP contribution in [0.4, 0.5) is 0 Å². The Kier molecular flexibility index (Phi) is 13.7. The summed E-state index contributed by atoms with van der Waals surface area (Å²) in [6.07, 6.45) is 3.87. The molecule has 2 unspecified atom stereocenters. The summed E-state index contributed by atoms with van der Waals surface area (Å²) in [5, 5.41) is 19.8. The number of hydrogen-bond donors (Lipinski definition) is 3. The fourth-order valence-electron chi connectivity index (χ4n) is 2.28. The molecular formula is C15H32N2O6S. The van der Waals surface area contributed by atoms with Crippen LogP contribution in [0.25, 0.3) is 0 Å². The highest BCUT2D eigenvalue weighted by atomic mass is 32.2. The van der Waals surface area contributed by atoms with E-state index < -0.39 is 28.0 Å². The van der Waals surface area contributed by atoms with E-state index in [2.05, 4.69) is 5.32 Å². The maximum atomic E-state index is 11.0. The van der Waals surface area contributed by atoms with Crippen molar-refractivity contribution >= 4 is 22.0 Å². The summed E-state index contributed by atoms with van der Waals surface area (Å²) in [5.74, 6) is -1.78. The van der Waals surface area contributed by atoms with E-state index in [1.165, 1.54) is 0 Å². The first kappa shape index (κ1) is 25.1. The highest BCUT2D eigenvalue weighted by Gasteiger charge is 2.36. The fraction of sp³-hybridized carbons (Fsp3) is 0.867. The Bertz CT molecular complexity index is 461. The molecule has 0 aliphatic carbocycles. The molecule has 144 valence electrons. The normalized spacial score (nSPS) is 22.9. The van der Waals surface area contributed by atoms with E-state index in [-0.39, 0.29) is 6.04 Å². The predicted molar refractivity (Wildman–Crippen MR) is 93.6 cm³/mol. The van der Waals surface area contributed by atoms with Gasteiger partial charge in [-0.15, -0.1) is 0 Å². The first-order valence-electron chi connectivity index (χ1n) is 8.39. The quantitative estimate of drug-likeness (QED) is 0.687. The van der Waals surface area contributed by atoms with E-state index in [4.69, 9.17) is 10.2 Å². The third-order valence-corrected chi connectivity index (χ3v) is 4.56. The van der Waals surface area contributed by atoms with Gasteiger partial charge in [-0.1, -0.05) is 27.7 Å². The van der Waals surface area contributed by atoms with E-state index in [0.29, 0.717) is 19.4 Å². The Morgan fingerprint density at radius 1 is 1.00 bits per heavy atom. The van der Waals surface area contributed by atoms with Crippen LogP contribution in [0.2, 0.25) is 0 Å². The molecule has 0 spiro atoms. The molecule has 2 heterocycles. The van der Waals surface area contributed by atoms with Crippen molar-refractivity contribution in [3.8, 4) is 0 Å². The lowest BCUT2D eigenvalue weighted by Gasteiger charge is -2.17. The summed E-state index contributed by atoms with van der Waals surface area (Å²) in [4.78, 5) is 20.7. The minimum atomic E-state index is -3.34. The number of carboxylic acid groups (broad SMARTS) is 2. The molecular weight excluding hydrogens is 336 g/mol. The Hall–Kier alpha value is -1.19. The molecule has 0 bridgehead atoms. The number of rotatable bonds is 3. The molecule has 0 aromatic heterocycles. The van der Waals surface area contributed by atoms with E-state index in [9.17, 15) is 18.0 Å². The minimum absolute atomic E-state index is 0.269. The van der Waals surface area contributed by atoms with Crippen LogP contribution in [0.15, 0.2) is 0 Å². The van der Waals surface area contributed by atoms with Crippen LogP contribution in [-0.2, 0) is 19.6 Å². The first-order valence-corrected chi connectivity index (χ1v) is 10.2. The molecule has 0 aromatic carbocycles. The van der Waals surface area contributed by atoms with Crippen LogP contribution >= 0.6 is 0 Å². The number of nitrogens with zero attached hydrogens (tertiary/aromatic N) is 1. The van der Waals surface area contributed by atoms with Crippen molar-refractivity contribution in [3.63, 3.8) is 0 Å². The van der Waals surface area contributed by atoms with Crippen LogP contribution in [0, 0.1) is 0 Å². The molecule has 0 saturated carbocycles. The van der Waals surface area contributed by atoms with Gasteiger partial charge in [-0.3, -0.25) is 9.59 Å². The van der Waals surface area contributed by atoms with Crippen molar-refractivity contribution in [1.82, 2.24) is 9.62 Å².